The van der Waals surface area contributed by atoms with Gasteiger partial charge in [0.25, 0.3) is 0 Å². The Bertz CT molecular complexity index is 947. The van der Waals surface area contributed by atoms with Crippen LogP contribution in [0.1, 0.15) is 0 Å². The highest BCUT2D eigenvalue weighted by Crippen LogP contribution is 2.44. The monoisotopic (exact) mass is 442 g/mol. The second-order valence-electron chi connectivity index (χ2n) is 8.36. The van der Waals surface area contributed by atoms with Crippen molar-refractivity contribution in [2.24, 2.45) is 0 Å². The van der Waals surface area contributed by atoms with Crippen molar-refractivity contribution in [3.63, 3.8) is 0 Å². The van der Waals surface area contributed by atoms with Crippen LogP contribution in [-0.2, 0) is 18.9 Å². The topological polar surface area (TPSA) is 87.0 Å². The van der Waals surface area contributed by atoms with Gasteiger partial charge in [-0.05, 0) is 24.3 Å². The van der Waals surface area contributed by atoms with Crippen molar-refractivity contribution in [1.82, 2.24) is 0 Å². The molecule has 4 saturated heterocycles. The van der Waals surface area contributed by atoms with E-state index in [1.54, 1.807) is 0 Å². The lowest BCUT2D eigenvalue weighted by Gasteiger charge is -2.19. The molecular formula is C24H26O8. The Balaban J connectivity index is 1.32. The van der Waals surface area contributed by atoms with Crippen molar-refractivity contribution in [2.75, 3.05) is 52.9 Å². The predicted octanol–water partition coefficient (Wildman–Crippen LogP) is 2.46. The Kier molecular flexibility index (Phi) is 5.52. The SMILES string of the molecule is c1cc(OCC2CO2)c(OCC2CO2)c(-c2cc(OCC3CO3)ccc2OCC2CO2)c1. The molecule has 6 rings (SSSR count). The first kappa shape index (κ1) is 20.1. The number of hydrogen-bond donors (Lipinski definition) is 0. The van der Waals surface area contributed by atoms with Gasteiger partial charge in [-0.3, -0.25) is 0 Å². The van der Waals surface area contributed by atoms with E-state index in [4.69, 9.17) is 37.9 Å². The van der Waals surface area contributed by atoms with Gasteiger partial charge >= 0.3 is 0 Å². The van der Waals surface area contributed by atoms with E-state index in [9.17, 15) is 0 Å². The molecule has 0 bridgehead atoms. The molecule has 4 aliphatic heterocycles. The standard InChI is InChI=1S/C24H26O8/c1-2-20(24(32-14-19-11-29-19)23(3-1)31-13-18-10-28-18)21-6-15(25-7-16-8-26-16)4-5-22(21)30-12-17-9-27-17/h1-6,16-19H,7-14H2. The molecule has 0 saturated carbocycles. The molecule has 8 heteroatoms. The maximum absolute atomic E-state index is 6.21. The van der Waals surface area contributed by atoms with Crippen molar-refractivity contribution < 1.29 is 37.9 Å². The van der Waals surface area contributed by atoms with Gasteiger partial charge in [-0.25, -0.2) is 0 Å². The van der Waals surface area contributed by atoms with Crippen molar-refractivity contribution in [2.45, 2.75) is 24.4 Å². The summed E-state index contributed by atoms with van der Waals surface area (Å²) >= 11 is 0. The van der Waals surface area contributed by atoms with Gasteiger partial charge in [-0.15, -0.1) is 0 Å². The Morgan fingerprint density at radius 1 is 0.594 bits per heavy atom. The second-order valence-corrected chi connectivity index (χ2v) is 8.36. The highest BCUT2D eigenvalue weighted by molar-refractivity contribution is 5.79. The first-order valence-electron chi connectivity index (χ1n) is 11.1. The largest absolute Gasteiger partial charge is 0.491 e. The van der Waals surface area contributed by atoms with Gasteiger partial charge in [-0.2, -0.15) is 0 Å². The summed E-state index contributed by atoms with van der Waals surface area (Å²) in [5.74, 6) is 2.83. The van der Waals surface area contributed by atoms with Crippen LogP contribution in [0, 0.1) is 0 Å². The second kappa shape index (κ2) is 8.78. The minimum Gasteiger partial charge on any atom is -0.491 e. The quantitative estimate of drug-likeness (QED) is 0.437. The lowest BCUT2D eigenvalue weighted by atomic mass is 10.0. The molecule has 4 unspecified atom stereocenters. The molecule has 0 spiro atoms. The van der Waals surface area contributed by atoms with E-state index in [2.05, 4.69) is 0 Å². The number of epoxide rings is 4. The smallest absolute Gasteiger partial charge is 0.169 e. The van der Waals surface area contributed by atoms with E-state index in [1.807, 2.05) is 36.4 Å². The van der Waals surface area contributed by atoms with Gasteiger partial charge in [0.05, 0.1) is 26.4 Å². The van der Waals surface area contributed by atoms with Gasteiger partial charge in [-0.1, -0.05) is 12.1 Å². The molecule has 4 aliphatic rings. The van der Waals surface area contributed by atoms with Crippen molar-refractivity contribution in [1.29, 1.82) is 0 Å². The van der Waals surface area contributed by atoms with Crippen molar-refractivity contribution >= 4 is 0 Å². The third-order valence-corrected chi connectivity index (χ3v) is 5.53. The first-order valence-corrected chi connectivity index (χ1v) is 11.1. The maximum atomic E-state index is 6.21. The van der Waals surface area contributed by atoms with Gasteiger partial charge in [0.2, 0.25) is 0 Å². The fourth-order valence-electron chi connectivity index (χ4n) is 3.31. The van der Waals surface area contributed by atoms with Crippen LogP contribution in [0.5, 0.6) is 23.0 Å². The third kappa shape index (κ3) is 5.27. The maximum Gasteiger partial charge on any atom is 0.169 e. The molecule has 8 nitrogen and oxygen atoms in total. The first-order chi connectivity index (χ1) is 15.8. The minimum atomic E-state index is 0.124. The molecule has 0 aromatic heterocycles. The number of rotatable bonds is 13. The molecule has 0 aliphatic carbocycles. The van der Waals surface area contributed by atoms with Crippen LogP contribution < -0.4 is 18.9 Å². The average Bonchev–Trinajstić information content (AvgIpc) is 3.65. The fraction of sp³-hybridized carbons (Fsp3) is 0.500. The highest BCUT2D eigenvalue weighted by Gasteiger charge is 2.29. The van der Waals surface area contributed by atoms with Crippen LogP contribution >= 0.6 is 0 Å². The lowest BCUT2D eigenvalue weighted by Crippen LogP contribution is -2.10. The van der Waals surface area contributed by atoms with Gasteiger partial charge in [0, 0.05) is 11.1 Å². The zero-order chi connectivity index (χ0) is 21.3. The molecule has 32 heavy (non-hydrogen) atoms. The molecule has 0 amide bonds. The summed E-state index contributed by atoms with van der Waals surface area (Å²) in [4.78, 5) is 0. The normalized spacial score (nSPS) is 26.9. The molecule has 0 radical (unpaired) electrons. The Morgan fingerprint density at radius 3 is 1.78 bits per heavy atom. The highest BCUT2D eigenvalue weighted by atomic mass is 16.6. The fourth-order valence-corrected chi connectivity index (χ4v) is 3.31. The molecule has 170 valence electrons. The van der Waals surface area contributed by atoms with E-state index in [0.29, 0.717) is 37.9 Å². The van der Waals surface area contributed by atoms with Crippen LogP contribution in [0.2, 0.25) is 0 Å². The Hall–Kier alpha value is -2.52. The summed E-state index contributed by atoms with van der Waals surface area (Å²) in [5.41, 5.74) is 1.75. The lowest BCUT2D eigenvalue weighted by molar-refractivity contribution is 0.228. The van der Waals surface area contributed by atoms with E-state index >= 15 is 0 Å². The zero-order valence-electron chi connectivity index (χ0n) is 17.7. The number of hydrogen-bond acceptors (Lipinski definition) is 8. The average molecular weight is 442 g/mol. The Morgan fingerprint density at radius 2 is 1.16 bits per heavy atom. The molecule has 4 fully saturated rings. The van der Waals surface area contributed by atoms with Crippen LogP contribution in [0.3, 0.4) is 0 Å². The number of para-hydroxylation sites is 1. The van der Waals surface area contributed by atoms with Crippen LogP contribution in [0.15, 0.2) is 36.4 Å². The summed E-state index contributed by atoms with van der Waals surface area (Å²) in [6.45, 7) is 4.93. The molecule has 4 heterocycles. The third-order valence-electron chi connectivity index (χ3n) is 5.53. The summed E-state index contributed by atoms with van der Waals surface area (Å²) in [6, 6.07) is 11.7. The number of ether oxygens (including phenoxy) is 8. The summed E-state index contributed by atoms with van der Waals surface area (Å²) in [5, 5.41) is 0. The van der Waals surface area contributed by atoms with Crippen molar-refractivity contribution in [3.05, 3.63) is 36.4 Å². The van der Waals surface area contributed by atoms with Gasteiger partial charge < -0.3 is 37.9 Å². The summed E-state index contributed by atoms with van der Waals surface area (Å²) in [7, 11) is 0. The molecule has 4 atom stereocenters. The molecule has 2 aromatic carbocycles. The summed E-state index contributed by atoms with van der Waals surface area (Å²) in [6.07, 6.45) is 0.609. The van der Waals surface area contributed by atoms with Gasteiger partial charge in [0.15, 0.2) is 11.5 Å². The number of benzene rings is 2. The molecule has 2 aromatic rings. The van der Waals surface area contributed by atoms with Gasteiger partial charge in [0.1, 0.15) is 62.3 Å². The van der Waals surface area contributed by atoms with Crippen molar-refractivity contribution in [3.8, 4) is 34.1 Å². The zero-order valence-corrected chi connectivity index (χ0v) is 17.7. The predicted molar refractivity (Wildman–Crippen MR) is 113 cm³/mol. The van der Waals surface area contributed by atoms with Crippen LogP contribution in [0.25, 0.3) is 11.1 Å². The van der Waals surface area contributed by atoms with E-state index in [1.165, 1.54) is 0 Å². The molecular weight excluding hydrogens is 416 g/mol. The van der Waals surface area contributed by atoms with Crippen LogP contribution in [-0.4, -0.2) is 77.3 Å². The van der Waals surface area contributed by atoms with E-state index in [0.717, 1.165) is 49.1 Å². The van der Waals surface area contributed by atoms with Crippen LogP contribution in [0.4, 0.5) is 0 Å². The minimum absolute atomic E-state index is 0.124. The summed E-state index contributed by atoms with van der Waals surface area (Å²) < 4.78 is 45.5. The molecule has 0 N–H and O–H groups in total. The Labute approximate surface area is 186 Å². The van der Waals surface area contributed by atoms with E-state index < -0.39 is 0 Å². The van der Waals surface area contributed by atoms with E-state index in [-0.39, 0.29) is 24.4 Å².